The van der Waals surface area contributed by atoms with Crippen LogP contribution in [0.5, 0.6) is 5.75 Å². The number of Topliss-reactive ketones (excluding diaryl/α,β-unsaturated/α-hetero) is 1. The molecule has 0 spiro atoms. The first-order valence-electron chi connectivity index (χ1n) is 9.62. The first-order chi connectivity index (χ1) is 14.0. The average Bonchev–Trinajstić information content (AvgIpc) is 3.33. The van der Waals surface area contributed by atoms with Gasteiger partial charge in [-0.3, -0.25) is 4.79 Å². The second-order valence-electron chi connectivity index (χ2n) is 6.72. The Labute approximate surface area is 174 Å². The summed E-state index contributed by atoms with van der Waals surface area (Å²) < 4.78 is 12.7. The summed E-state index contributed by atoms with van der Waals surface area (Å²) in [6.45, 7) is 6.92. The molecule has 0 amide bonds. The number of benzene rings is 1. The van der Waals surface area contributed by atoms with Crippen molar-refractivity contribution in [2.75, 3.05) is 13.2 Å². The summed E-state index contributed by atoms with van der Waals surface area (Å²) in [6.07, 6.45) is 0.925. The molecule has 3 rings (SSSR count). The maximum absolute atomic E-state index is 12.6. The van der Waals surface area contributed by atoms with Gasteiger partial charge >= 0.3 is 5.97 Å². The number of carbonyl (C=O) groups excluding carboxylic acids is 2. The van der Waals surface area contributed by atoms with Crippen molar-refractivity contribution in [3.63, 3.8) is 0 Å². The third-order valence-electron chi connectivity index (χ3n) is 4.77. The van der Waals surface area contributed by atoms with E-state index in [0.29, 0.717) is 23.5 Å². The molecule has 0 radical (unpaired) electrons. The highest BCUT2D eigenvalue weighted by Crippen LogP contribution is 2.19. The second-order valence-corrected chi connectivity index (χ2v) is 7.75. The molecule has 3 aromatic rings. The molecule has 5 nitrogen and oxygen atoms in total. The van der Waals surface area contributed by atoms with E-state index in [1.54, 1.807) is 35.6 Å². The summed E-state index contributed by atoms with van der Waals surface area (Å²) in [7, 11) is 0. The molecule has 2 heterocycles. The highest BCUT2D eigenvalue weighted by molar-refractivity contribution is 7.09. The number of hydrogen-bond acceptors (Lipinski definition) is 5. The van der Waals surface area contributed by atoms with Crippen LogP contribution in [0.2, 0.25) is 0 Å². The molecule has 0 aliphatic rings. The van der Waals surface area contributed by atoms with Crippen LogP contribution in [0.3, 0.4) is 0 Å². The van der Waals surface area contributed by atoms with Gasteiger partial charge < -0.3 is 14.0 Å². The Morgan fingerprint density at radius 3 is 2.52 bits per heavy atom. The first kappa shape index (κ1) is 20.9. The predicted molar refractivity (Wildman–Crippen MR) is 114 cm³/mol. The van der Waals surface area contributed by atoms with Crippen molar-refractivity contribution in [2.24, 2.45) is 0 Å². The quantitative estimate of drug-likeness (QED) is 0.373. The summed E-state index contributed by atoms with van der Waals surface area (Å²) >= 11 is 1.73. The zero-order valence-electron chi connectivity index (χ0n) is 16.9. The number of rotatable bonds is 9. The highest BCUT2D eigenvalue weighted by atomic mass is 32.1. The van der Waals surface area contributed by atoms with Gasteiger partial charge in [0.15, 0.2) is 6.61 Å². The van der Waals surface area contributed by atoms with Gasteiger partial charge in [0.05, 0.1) is 12.2 Å². The van der Waals surface area contributed by atoms with Crippen LogP contribution in [0, 0.1) is 13.8 Å². The van der Waals surface area contributed by atoms with Gasteiger partial charge in [-0.1, -0.05) is 6.07 Å². The minimum Gasteiger partial charge on any atom is -0.494 e. The SMILES string of the molecule is CCOc1ccc(C(=O)OCC(=O)c2cc(C)n(CCc3cccs3)c2C)cc1. The number of ketones is 1. The van der Waals surface area contributed by atoms with Crippen LogP contribution in [-0.4, -0.2) is 29.5 Å². The number of carbonyl (C=O) groups is 2. The molecule has 0 saturated carbocycles. The fraction of sp³-hybridized carbons (Fsp3) is 0.304. The van der Waals surface area contributed by atoms with Gasteiger partial charge in [-0.2, -0.15) is 0 Å². The van der Waals surface area contributed by atoms with E-state index in [9.17, 15) is 9.59 Å². The molecule has 0 unspecified atom stereocenters. The van der Waals surface area contributed by atoms with Crippen LogP contribution in [-0.2, 0) is 17.7 Å². The van der Waals surface area contributed by atoms with Crippen LogP contribution in [0.1, 0.15) is 43.9 Å². The maximum Gasteiger partial charge on any atom is 0.338 e. The molecule has 1 aromatic carbocycles. The summed E-state index contributed by atoms with van der Waals surface area (Å²) in [6, 6.07) is 12.7. The van der Waals surface area contributed by atoms with E-state index < -0.39 is 5.97 Å². The van der Waals surface area contributed by atoms with Crippen molar-refractivity contribution in [1.29, 1.82) is 0 Å². The van der Waals surface area contributed by atoms with Gasteiger partial charge in [0, 0.05) is 28.4 Å². The Hall–Kier alpha value is -2.86. The van der Waals surface area contributed by atoms with Gasteiger partial charge in [-0.25, -0.2) is 4.79 Å². The van der Waals surface area contributed by atoms with Crippen LogP contribution >= 0.6 is 11.3 Å². The Kier molecular flexibility index (Phi) is 6.88. The molecule has 0 saturated heterocycles. The molecule has 2 aromatic heterocycles. The van der Waals surface area contributed by atoms with Gasteiger partial charge in [-0.05, 0) is 69.0 Å². The third kappa shape index (κ3) is 5.15. The molecule has 0 bridgehead atoms. The number of thiophene rings is 1. The Bertz CT molecular complexity index is 971. The molecule has 0 aliphatic carbocycles. The maximum atomic E-state index is 12.6. The Balaban J connectivity index is 1.60. The van der Waals surface area contributed by atoms with Crippen molar-refractivity contribution >= 4 is 23.1 Å². The summed E-state index contributed by atoms with van der Waals surface area (Å²) in [5, 5.41) is 2.07. The van der Waals surface area contributed by atoms with E-state index in [2.05, 4.69) is 16.0 Å². The molecular formula is C23H25NO4S. The monoisotopic (exact) mass is 411 g/mol. The van der Waals surface area contributed by atoms with Gasteiger partial charge in [0.25, 0.3) is 0 Å². The number of hydrogen-bond donors (Lipinski definition) is 0. The van der Waals surface area contributed by atoms with E-state index >= 15 is 0 Å². The number of esters is 1. The van der Waals surface area contributed by atoms with Crippen LogP contribution in [0.25, 0.3) is 0 Å². The minimum absolute atomic E-state index is 0.195. The lowest BCUT2D eigenvalue weighted by Crippen LogP contribution is -2.15. The molecular weight excluding hydrogens is 386 g/mol. The molecule has 152 valence electrons. The number of ether oxygens (including phenoxy) is 2. The summed E-state index contributed by atoms with van der Waals surface area (Å²) in [5.41, 5.74) is 2.93. The normalized spacial score (nSPS) is 10.7. The van der Waals surface area contributed by atoms with Crippen LogP contribution < -0.4 is 4.74 Å². The lowest BCUT2D eigenvalue weighted by Gasteiger charge is -2.09. The molecule has 0 N–H and O–H groups in total. The average molecular weight is 412 g/mol. The minimum atomic E-state index is -0.520. The molecule has 6 heteroatoms. The summed E-state index contributed by atoms with van der Waals surface area (Å²) in [4.78, 5) is 26.2. The van der Waals surface area contributed by atoms with Crippen molar-refractivity contribution < 1.29 is 19.1 Å². The fourth-order valence-electron chi connectivity index (χ4n) is 3.25. The number of nitrogens with zero attached hydrogens (tertiary/aromatic N) is 1. The van der Waals surface area contributed by atoms with E-state index in [4.69, 9.17) is 9.47 Å². The van der Waals surface area contributed by atoms with Crippen LogP contribution in [0.4, 0.5) is 0 Å². The Morgan fingerprint density at radius 2 is 1.86 bits per heavy atom. The van der Waals surface area contributed by atoms with Gasteiger partial charge in [0.1, 0.15) is 5.75 Å². The van der Waals surface area contributed by atoms with E-state index in [1.165, 1.54) is 4.88 Å². The largest absolute Gasteiger partial charge is 0.494 e. The zero-order chi connectivity index (χ0) is 20.8. The van der Waals surface area contributed by atoms with E-state index in [1.807, 2.05) is 32.9 Å². The predicted octanol–water partition coefficient (Wildman–Crippen LogP) is 4.85. The van der Waals surface area contributed by atoms with E-state index in [0.717, 1.165) is 24.4 Å². The van der Waals surface area contributed by atoms with Crippen molar-refractivity contribution in [3.8, 4) is 5.75 Å². The molecule has 0 aliphatic heterocycles. The topological polar surface area (TPSA) is 57.5 Å². The van der Waals surface area contributed by atoms with Gasteiger partial charge in [0.2, 0.25) is 5.78 Å². The molecule has 29 heavy (non-hydrogen) atoms. The second kappa shape index (κ2) is 9.56. The lowest BCUT2D eigenvalue weighted by atomic mass is 10.1. The Morgan fingerprint density at radius 1 is 1.10 bits per heavy atom. The summed E-state index contributed by atoms with van der Waals surface area (Å²) in [5.74, 6) is -0.0252. The lowest BCUT2D eigenvalue weighted by molar-refractivity contribution is 0.0474. The number of aryl methyl sites for hydroxylation is 2. The number of aromatic nitrogens is 1. The van der Waals surface area contributed by atoms with E-state index in [-0.39, 0.29) is 12.4 Å². The van der Waals surface area contributed by atoms with Gasteiger partial charge in [-0.15, -0.1) is 11.3 Å². The molecule has 0 atom stereocenters. The highest BCUT2D eigenvalue weighted by Gasteiger charge is 2.18. The van der Waals surface area contributed by atoms with Crippen molar-refractivity contribution in [3.05, 3.63) is 75.2 Å². The standard InChI is InChI=1S/C23H25NO4S/c1-4-27-19-9-7-18(8-10-19)23(26)28-15-22(25)21-14-16(2)24(17(21)3)12-11-20-6-5-13-29-20/h5-10,13-14H,4,11-12,15H2,1-3H3. The van der Waals surface area contributed by atoms with Crippen molar-refractivity contribution in [2.45, 2.75) is 33.7 Å². The fourth-order valence-corrected chi connectivity index (χ4v) is 3.95. The van der Waals surface area contributed by atoms with Crippen LogP contribution in [0.15, 0.2) is 47.8 Å². The zero-order valence-corrected chi connectivity index (χ0v) is 17.8. The van der Waals surface area contributed by atoms with Crippen molar-refractivity contribution in [1.82, 2.24) is 4.57 Å². The smallest absolute Gasteiger partial charge is 0.338 e. The first-order valence-corrected chi connectivity index (χ1v) is 10.5. The molecule has 0 fully saturated rings. The third-order valence-corrected chi connectivity index (χ3v) is 5.71.